The van der Waals surface area contributed by atoms with Crippen molar-refractivity contribution in [3.63, 3.8) is 0 Å². The van der Waals surface area contributed by atoms with Crippen LogP contribution in [0.1, 0.15) is 5.56 Å². The zero-order chi connectivity index (χ0) is 15.6. The van der Waals surface area contributed by atoms with Crippen LogP contribution in [0.25, 0.3) is 0 Å². The summed E-state index contributed by atoms with van der Waals surface area (Å²) in [6, 6.07) is 1.94. The maximum Gasteiger partial charge on any atom is 0.419 e. The highest BCUT2D eigenvalue weighted by molar-refractivity contribution is 5.35. The molecular formula is C12H8F5N3O. The number of rotatable bonds is 3. The van der Waals surface area contributed by atoms with E-state index in [1.165, 1.54) is 7.05 Å². The average Bonchev–Trinajstić information content (AvgIpc) is 2.42. The summed E-state index contributed by atoms with van der Waals surface area (Å²) < 4.78 is 69.1. The van der Waals surface area contributed by atoms with Crippen LogP contribution < -0.4 is 10.1 Å². The Labute approximate surface area is 115 Å². The van der Waals surface area contributed by atoms with Crippen molar-refractivity contribution in [3.05, 3.63) is 41.6 Å². The number of nitrogens with one attached hydrogen (secondary N) is 1. The molecule has 1 N–H and O–H groups in total. The lowest BCUT2D eigenvalue weighted by Gasteiger charge is -2.11. The summed E-state index contributed by atoms with van der Waals surface area (Å²) in [6.45, 7) is 0. The third-order valence-electron chi connectivity index (χ3n) is 2.39. The minimum atomic E-state index is -4.89. The molecule has 0 radical (unpaired) electrons. The first-order valence-corrected chi connectivity index (χ1v) is 5.56. The summed E-state index contributed by atoms with van der Waals surface area (Å²) in [5, 5.41) is 2.52. The predicted molar refractivity (Wildman–Crippen MR) is 63.0 cm³/mol. The molecule has 0 aliphatic heterocycles. The van der Waals surface area contributed by atoms with Crippen molar-refractivity contribution in [2.24, 2.45) is 0 Å². The summed E-state index contributed by atoms with van der Waals surface area (Å²) in [7, 11) is 1.47. The van der Waals surface area contributed by atoms with E-state index in [9.17, 15) is 22.0 Å². The first kappa shape index (κ1) is 14.9. The highest BCUT2D eigenvalue weighted by Crippen LogP contribution is 2.34. The first-order valence-electron chi connectivity index (χ1n) is 5.56. The van der Waals surface area contributed by atoms with Crippen LogP contribution in [-0.2, 0) is 6.18 Å². The van der Waals surface area contributed by atoms with Crippen molar-refractivity contribution >= 4 is 5.95 Å². The predicted octanol–water partition coefficient (Wildman–Crippen LogP) is 3.61. The van der Waals surface area contributed by atoms with Gasteiger partial charge in [-0.15, -0.1) is 0 Å². The molecule has 0 aliphatic rings. The van der Waals surface area contributed by atoms with Gasteiger partial charge in [-0.1, -0.05) is 0 Å². The van der Waals surface area contributed by atoms with Gasteiger partial charge >= 0.3 is 6.18 Å². The molecule has 0 spiro atoms. The van der Waals surface area contributed by atoms with Gasteiger partial charge in [-0.2, -0.15) is 22.5 Å². The Hall–Kier alpha value is -2.45. The molecule has 0 bridgehead atoms. The van der Waals surface area contributed by atoms with E-state index in [-0.39, 0.29) is 5.95 Å². The molecule has 0 atom stereocenters. The number of alkyl halides is 3. The second kappa shape index (κ2) is 5.51. The molecule has 2 aromatic rings. The minimum absolute atomic E-state index is 0.0181. The number of nitrogens with zero attached hydrogens (tertiary/aromatic N) is 2. The number of ether oxygens (including phenoxy) is 1. The van der Waals surface area contributed by atoms with Gasteiger partial charge in [0.1, 0.15) is 11.6 Å². The van der Waals surface area contributed by atoms with E-state index in [2.05, 4.69) is 15.3 Å². The number of anilines is 1. The smallest absolute Gasteiger partial charge is 0.419 e. The maximum atomic E-state index is 13.4. The van der Waals surface area contributed by atoms with Crippen LogP contribution in [0.5, 0.6) is 11.6 Å². The third-order valence-corrected chi connectivity index (χ3v) is 2.39. The Bertz CT molecular complexity index is 660. The van der Waals surface area contributed by atoms with Crippen molar-refractivity contribution in [1.29, 1.82) is 0 Å². The van der Waals surface area contributed by atoms with E-state index in [0.717, 1.165) is 12.3 Å². The van der Waals surface area contributed by atoms with Crippen molar-refractivity contribution < 1.29 is 26.7 Å². The van der Waals surface area contributed by atoms with Crippen LogP contribution in [0.4, 0.5) is 27.9 Å². The summed E-state index contributed by atoms with van der Waals surface area (Å²) in [4.78, 5) is 7.16. The van der Waals surface area contributed by atoms with Crippen molar-refractivity contribution in [2.45, 2.75) is 6.18 Å². The van der Waals surface area contributed by atoms with Crippen molar-refractivity contribution in [1.82, 2.24) is 9.97 Å². The highest BCUT2D eigenvalue weighted by Gasteiger charge is 2.34. The fourth-order valence-electron chi connectivity index (χ4n) is 1.44. The van der Waals surface area contributed by atoms with Crippen LogP contribution in [-0.4, -0.2) is 17.0 Å². The van der Waals surface area contributed by atoms with Crippen LogP contribution in [0.15, 0.2) is 24.4 Å². The van der Waals surface area contributed by atoms with Gasteiger partial charge in [-0.05, 0) is 18.2 Å². The molecule has 1 aromatic carbocycles. The Morgan fingerprint density at radius 3 is 2.48 bits per heavy atom. The monoisotopic (exact) mass is 305 g/mol. The summed E-state index contributed by atoms with van der Waals surface area (Å²) in [5.74, 6) is -3.37. The molecule has 4 nitrogen and oxygen atoms in total. The first-order chi connectivity index (χ1) is 9.81. The molecule has 0 aliphatic carbocycles. The van der Waals surface area contributed by atoms with Gasteiger partial charge in [-0.3, -0.25) is 0 Å². The Balaban J connectivity index is 2.36. The molecule has 9 heteroatoms. The topological polar surface area (TPSA) is 47.0 Å². The normalized spacial score (nSPS) is 11.3. The van der Waals surface area contributed by atoms with Crippen molar-refractivity contribution in [2.75, 3.05) is 12.4 Å². The molecule has 2 rings (SSSR count). The standard InChI is InChI=1S/C12H8F5N3O/c1-18-11-19-5-9(14)10(20-11)21-6-2-3-8(13)7(4-6)12(15,16)17/h2-5H,1H3,(H,18,19,20). The summed E-state index contributed by atoms with van der Waals surface area (Å²) in [5.41, 5.74) is -1.51. The minimum Gasteiger partial charge on any atom is -0.436 e. The quantitative estimate of drug-likeness (QED) is 0.880. The molecular weight excluding hydrogens is 297 g/mol. The lowest BCUT2D eigenvalue weighted by molar-refractivity contribution is -0.140. The highest BCUT2D eigenvalue weighted by atomic mass is 19.4. The maximum absolute atomic E-state index is 13.4. The van der Waals surface area contributed by atoms with E-state index >= 15 is 0 Å². The molecule has 21 heavy (non-hydrogen) atoms. The van der Waals surface area contributed by atoms with E-state index in [1.807, 2.05) is 0 Å². The second-order valence-electron chi connectivity index (χ2n) is 3.84. The summed E-state index contributed by atoms with van der Waals surface area (Å²) >= 11 is 0. The lowest BCUT2D eigenvalue weighted by atomic mass is 10.2. The molecule has 0 unspecified atom stereocenters. The van der Waals surface area contributed by atoms with Crippen LogP contribution in [0.2, 0.25) is 0 Å². The van der Waals surface area contributed by atoms with Crippen LogP contribution in [0.3, 0.4) is 0 Å². The SMILES string of the molecule is CNc1ncc(F)c(Oc2ccc(F)c(C(F)(F)F)c2)n1. The Morgan fingerprint density at radius 2 is 1.86 bits per heavy atom. The zero-order valence-corrected chi connectivity index (χ0v) is 10.5. The second-order valence-corrected chi connectivity index (χ2v) is 3.84. The van der Waals surface area contributed by atoms with E-state index < -0.39 is 35.0 Å². The van der Waals surface area contributed by atoms with Crippen molar-refractivity contribution in [3.8, 4) is 11.6 Å². The van der Waals surface area contributed by atoms with E-state index in [4.69, 9.17) is 4.74 Å². The Morgan fingerprint density at radius 1 is 1.14 bits per heavy atom. The molecule has 1 aromatic heterocycles. The average molecular weight is 305 g/mol. The fraction of sp³-hybridized carbons (Fsp3) is 0.167. The fourth-order valence-corrected chi connectivity index (χ4v) is 1.44. The number of hydrogen-bond acceptors (Lipinski definition) is 4. The van der Waals surface area contributed by atoms with Gasteiger partial charge in [0.25, 0.3) is 5.88 Å². The van der Waals surface area contributed by atoms with Gasteiger partial charge < -0.3 is 10.1 Å². The van der Waals surface area contributed by atoms with Crippen LogP contribution in [0, 0.1) is 11.6 Å². The van der Waals surface area contributed by atoms with Gasteiger partial charge in [0, 0.05) is 7.05 Å². The van der Waals surface area contributed by atoms with Crippen LogP contribution >= 0.6 is 0 Å². The molecule has 0 saturated carbocycles. The van der Waals surface area contributed by atoms with Gasteiger partial charge in [0.2, 0.25) is 11.8 Å². The number of hydrogen-bond donors (Lipinski definition) is 1. The zero-order valence-electron chi connectivity index (χ0n) is 10.5. The molecule has 0 saturated heterocycles. The molecule has 112 valence electrons. The van der Waals surface area contributed by atoms with E-state index in [0.29, 0.717) is 12.1 Å². The molecule has 1 heterocycles. The third kappa shape index (κ3) is 3.36. The Kier molecular flexibility index (Phi) is 3.92. The van der Waals surface area contributed by atoms with Gasteiger partial charge in [-0.25, -0.2) is 9.37 Å². The molecule has 0 amide bonds. The van der Waals surface area contributed by atoms with Gasteiger partial charge in [0.05, 0.1) is 11.8 Å². The van der Waals surface area contributed by atoms with E-state index in [1.54, 1.807) is 0 Å². The molecule has 0 fully saturated rings. The lowest BCUT2D eigenvalue weighted by Crippen LogP contribution is -2.08. The number of halogens is 5. The van der Waals surface area contributed by atoms with Gasteiger partial charge in [0.15, 0.2) is 0 Å². The largest absolute Gasteiger partial charge is 0.436 e. The number of benzene rings is 1. The summed E-state index contributed by atoms with van der Waals surface area (Å²) in [6.07, 6.45) is -4.09. The number of aromatic nitrogens is 2.